The highest BCUT2D eigenvalue weighted by molar-refractivity contribution is 8.01. The summed E-state index contributed by atoms with van der Waals surface area (Å²) in [6, 6.07) is 8.33. The van der Waals surface area contributed by atoms with Gasteiger partial charge in [0.25, 0.3) is 0 Å². The molecule has 0 atom stereocenters. The van der Waals surface area contributed by atoms with Gasteiger partial charge in [0.2, 0.25) is 0 Å². The van der Waals surface area contributed by atoms with Gasteiger partial charge in [-0.3, -0.25) is 4.99 Å². The molecule has 0 aliphatic carbocycles. The van der Waals surface area contributed by atoms with Gasteiger partial charge in [-0.25, -0.2) is 4.98 Å². The molecule has 0 spiro atoms. The molecule has 0 fully saturated rings. The molecule has 1 aliphatic rings. The summed E-state index contributed by atoms with van der Waals surface area (Å²) in [7, 11) is 0. The Hall–Kier alpha value is -1.07. The van der Waals surface area contributed by atoms with E-state index in [-0.39, 0.29) is 0 Å². The van der Waals surface area contributed by atoms with Crippen LogP contribution in [-0.4, -0.2) is 41.1 Å². The summed E-state index contributed by atoms with van der Waals surface area (Å²) in [5.74, 6) is 2.20. The predicted octanol–water partition coefficient (Wildman–Crippen LogP) is 3.90. The summed E-state index contributed by atoms with van der Waals surface area (Å²) >= 11 is 3.59. The van der Waals surface area contributed by atoms with Crippen molar-refractivity contribution in [2.24, 2.45) is 4.99 Å². The molecule has 0 unspecified atom stereocenters. The van der Waals surface area contributed by atoms with E-state index in [2.05, 4.69) is 40.0 Å². The van der Waals surface area contributed by atoms with E-state index in [0.29, 0.717) is 0 Å². The SMILES string of the molecule is CCCCN1CCN=C1CSc1nc2ccccc2s1. The number of thioether (sulfide) groups is 1. The van der Waals surface area contributed by atoms with Gasteiger partial charge in [0.05, 0.1) is 22.5 Å². The molecule has 0 amide bonds. The highest BCUT2D eigenvalue weighted by Crippen LogP contribution is 2.29. The zero-order valence-corrected chi connectivity index (χ0v) is 13.3. The van der Waals surface area contributed by atoms with Gasteiger partial charge in [-0.05, 0) is 18.6 Å². The molecule has 20 heavy (non-hydrogen) atoms. The van der Waals surface area contributed by atoms with Crippen LogP contribution < -0.4 is 0 Å². The van der Waals surface area contributed by atoms with Crippen LogP contribution in [0, 0.1) is 0 Å². The number of unbranched alkanes of at least 4 members (excludes halogenated alkanes) is 1. The summed E-state index contributed by atoms with van der Waals surface area (Å²) < 4.78 is 2.42. The Morgan fingerprint density at radius 2 is 2.25 bits per heavy atom. The van der Waals surface area contributed by atoms with Gasteiger partial charge in [0.1, 0.15) is 5.84 Å². The fourth-order valence-corrected chi connectivity index (χ4v) is 4.36. The predicted molar refractivity (Wildman–Crippen MR) is 89.1 cm³/mol. The van der Waals surface area contributed by atoms with E-state index in [1.165, 1.54) is 23.4 Å². The average molecular weight is 305 g/mol. The van der Waals surface area contributed by atoms with Gasteiger partial charge in [-0.15, -0.1) is 11.3 Å². The number of rotatable bonds is 6. The Morgan fingerprint density at radius 3 is 3.10 bits per heavy atom. The third-order valence-electron chi connectivity index (χ3n) is 3.41. The molecule has 3 rings (SSSR count). The fraction of sp³-hybridized carbons (Fsp3) is 0.467. The number of benzene rings is 1. The van der Waals surface area contributed by atoms with E-state index >= 15 is 0 Å². The van der Waals surface area contributed by atoms with Gasteiger partial charge in [-0.2, -0.15) is 0 Å². The topological polar surface area (TPSA) is 28.5 Å². The van der Waals surface area contributed by atoms with Crippen molar-refractivity contribution in [2.75, 3.05) is 25.4 Å². The van der Waals surface area contributed by atoms with Crippen molar-refractivity contribution in [1.82, 2.24) is 9.88 Å². The number of fused-ring (bicyclic) bond motifs is 1. The standard InChI is InChI=1S/C15H19N3S2/c1-2-3-9-18-10-8-16-14(18)11-19-15-17-12-6-4-5-7-13(12)20-15/h4-7H,2-3,8-11H2,1H3. The highest BCUT2D eigenvalue weighted by Gasteiger charge is 2.16. The van der Waals surface area contributed by atoms with E-state index in [4.69, 9.17) is 0 Å². The van der Waals surface area contributed by atoms with Crippen LogP contribution in [0.3, 0.4) is 0 Å². The number of thiazole rings is 1. The monoisotopic (exact) mass is 305 g/mol. The molecule has 5 heteroatoms. The summed E-state index contributed by atoms with van der Waals surface area (Å²) in [5, 5.41) is 0. The lowest BCUT2D eigenvalue weighted by atomic mass is 10.3. The minimum atomic E-state index is 0.948. The quantitative estimate of drug-likeness (QED) is 0.758. The van der Waals surface area contributed by atoms with E-state index in [1.54, 1.807) is 11.3 Å². The largest absolute Gasteiger partial charge is 0.358 e. The molecule has 0 radical (unpaired) electrons. The van der Waals surface area contributed by atoms with E-state index in [0.717, 1.165) is 35.2 Å². The third kappa shape index (κ3) is 3.15. The Kier molecular flexibility index (Phi) is 4.58. The first kappa shape index (κ1) is 13.9. The van der Waals surface area contributed by atoms with Crippen LogP contribution in [0.4, 0.5) is 0 Å². The van der Waals surface area contributed by atoms with E-state index < -0.39 is 0 Å². The molecule has 1 aromatic carbocycles. The molecule has 1 aliphatic heterocycles. The summed E-state index contributed by atoms with van der Waals surface area (Å²) in [4.78, 5) is 11.7. The first-order valence-corrected chi connectivity index (χ1v) is 8.93. The molecule has 1 aromatic heterocycles. The molecule has 0 saturated heterocycles. The maximum Gasteiger partial charge on any atom is 0.151 e. The van der Waals surface area contributed by atoms with Gasteiger partial charge >= 0.3 is 0 Å². The normalized spacial score (nSPS) is 15.1. The van der Waals surface area contributed by atoms with Crippen LogP contribution in [0.1, 0.15) is 19.8 Å². The molecule has 2 aromatic rings. The number of hydrogen-bond acceptors (Lipinski definition) is 5. The second-order valence-corrected chi connectivity index (χ2v) is 7.13. The minimum Gasteiger partial charge on any atom is -0.358 e. The Balaban J connectivity index is 1.61. The molecule has 106 valence electrons. The first-order chi connectivity index (χ1) is 9.86. The van der Waals surface area contributed by atoms with Crippen molar-refractivity contribution in [2.45, 2.75) is 24.1 Å². The Bertz CT molecular complexity index is 573. The van der Waals surface area contributed by atoms with Crippen LogP contribution in [-0.2, 0) is 0 Å². The number of amidine groups is 1. The summed E-state index contributed by atoms with van der Waals surface area (Å²) in [6.45, 7) is 5.44. The average Bonchev–Trinajstić information content (AvgIpc) is 3.08. The lowest BCUT2D eigenvalue weighted by Crippen LogP contribution is -2.30. The molecular formula is C15H19N3S2. The van der Waals surface area contributed by atoms with Gasteiger partial charge < -0.3 is 4.90 Å². The number of aromatic nitrogens is 1. The molecule has 0 bridgehead atoms. The van der Waals surface area contributed by atoms with Crippen LogP contribution in [0.25, 0.3) is 10.2 Å². The molecule has 0 saturated carbocycles. The summed E-state index contributed by atoms with van der Waals surface area (Å²) in [6.07, 6.45) is 2.50. The van der Waals surface area contributed by atoms with Crippen molar-refractivity contribution in [3.63, 3.8) is 0 Å². The number of para-hydroxylation sites is 1. The Labute approximate surface area is 128 Å². The number of nitrogens with zero attached hydrogens (tertiary/aromatic N) is 3. The van der Waals surface area contributed by atoms with Crippen molar-refractivity contribution >= 4 is 39.2 Å². The minimum absolute atomic E-state index is 0.948. The van der Waals surface area contributed by atoms with Crippen molar-refractivity contribution in [3.8, 4) is 0 Å². The van der Waals surface area contributed by atoms with Gasteiger partial charge in [-0.1, -0.05) is 37.2 Å². The van der Waals surface area contributed by atoms with Crippen molar-refractivity contribution in [1.29, 1.82) is 0 Å². The number of aliphatic imine (C=N–C) groups is 1. The lowest BCUT2D eigenvalue weighted by Gasteiger charge is -2.19. The molecule has 3 nitrogen and oxygen atoms in total. The highest BCUT2D eigenvalue weighted by atomic mass is 32.2. The fourth-order valence-electron chi connectivity index (χ4n) is 2.29. The lowest BCUT2D eigenvalue weighted by molar-refractivity contribution is 0.442. The maximum atomic E-state index is 4.67. The van der Waals surface area contributed by atoms with Gasteiger partial charge in [0.15, 0.2) is 4.34 Å². The van der Waals surface area contributed by atoms with Crippen LogP contribution in [0.5, 0.6) is 0 Å². The second kappa shape index (κ2) is 6.59. The Morgan fingerprint density at radius 1 is 1.35 bits per heavy atom. The van der Waals surface area contributed by atoms with E-state index in [9.17, 15) is 0 Å². The van der Waals surface area contributed by atoms with Crippen molar-refractivity contribution in [3.05, 3.63) is 24.3 Å². The molecule has 2 heterocycles. The second-order valence-electron chi connectivity index (χ2n) is 4.87. The zero-order chi connectivity index (χ0) is 13.8. The summed E-state index contributed by atoms with van der Waals surface area (Å²) in [5.41, 5.74) is 1.11. The van der Waals surface area contributed by atoms with E-state index in [1.807, 2.05) is 17.8 Å². The molecular weight excluding hydrogens is 286 g/mol. The smallest absolute Gasteiger partial charge is 0.151 e. The maximum absolute atomic E-state index is 4.67. The molecule has 0 N–H and O–H groups in total. The van der Waals surface area contributed by atoms with Crippen LogP contribution in [0.15, 0.2) is 33.6 Å². The zero-order valence-electron chi connectivity index (χ0n) is 11.7. The van der Waals surface area contributed by atoms with Gasteiger partial charge in [0, 0.05) is 13.1 Å². The van der Waals surface area contributed by atoms with Crippen molar-refractivity contribution < 1.29 is 0 Å². The number of hydrogen-bond donors (Lipinski definition) is 0. The first-order valence-electron chi connectivity index (χ1n) is 7.13. The third-order valence-corrected chi connectivity index (χ3v) is 5.59. The van der Waals surface area contributed by atoms with Crippen LogP contribution in [0.2, 0.25) is 0 Å². The van der Waals surface area contributed by atoms with Crippen LogP contribution >= 0.6 is 23.1 Å².